The Morgan fingerprint density at radius 1 is 1.10 bits per heavy atom. The topological polar surface area (TPSA) is 111 Å². The molecule has 5 heterocycles. The number of aryl methyl sites for hydroxylation is 1. The number of hydrogen-bond acceptors (Lipinski definition) is 9. The van der Waals surface area contributed by atoms with Crippen LogP contribution in [0.5, 0.6) is 0 Å². The number of ether oxygens (including phenoxy) is 2. The Morgan fingerprint density at radius 2 is 1.88 bits per heavy atom. The Morgan fingerprint density at radius 3 is 2.58 bits per heavy atom. The number of likely N-dealkylation sites (tertiary alicyclic amines) is 1. The first-order chi connectivity index (χ1) is 19.1. The van der Waals surface area contributed by atoms with Crippen LogP contribution in [0, 0.1) is 6.92 Å². The molecule has 2 atom stereocenters. The van der Waals surface area contributed by atoms with E-state index >= 15 is 0 Å². The normalized spacial score (nSPS) is 22.2. The highest BCUT2D eigenvalue weighted by molar-refractivity contribution is 5.81. The van der Waals surface area contributed by atoms with Crippen molar-refractivity contribution in [3.05, 3.63) is 41.1 Å². The number of carbonyl (C=O) groups excluding carboxylic acids is 1. The van der Waals surface area contributed by atoms with E-state index in [2.05, 4.69) is 27.8 Å². The maximum absolute atomic E-state index is 12.4. The standard InChI is InChI=1S/C29H38N8O3/c1-7-8-22-25-26(31-18(3)24(33-25)20-13-36(14-20)28(38)40-29(4,5)6)34-27(32-22)35-12-17(2)39-23(16-35)19-11-30-37(15-19)21-9-10-21/h7-8,11,15,17,20-21,23H,9-10,12-14,16H2,1-6H3/b8-7+. The number of fused-ring (bicyclic) bond motifs is 1. The number of carbonyl (C=O) groups is 1. The van der Waals surface area contributed by atoms with Gasteiger partial charge in [-0.15, -0.1) is 0 Å². The first-order valence-electron chi connectivity index (χ1n) is 14.2. The Balaban J connectivity index is 1.25. The Bertz CT molecular complexity index is 1450. The van der Waals surface area contributed by atoms with Crippen molar-refractivity contribution >= 4 is 29.3 Å². The number of morpholine rings is 1. The molecule has 6 rings (SSSR count). The van der Waals surface area contributed by atoms with E-state index in [0.717, 1.165) is 22.6 Å². The molecule has 2 saturated heterocycles. The van der Waals surface area contributed by atoms with Crippen LogP contribution < -0.4 is 4.90 Å². The Kier molecular flexibility index (Phi) is 6.72. The predicted octanol–water partition coefficient (Wildman–Crippen LogP) is 4.59. The van der Waals surface area contributed by atoms with Gasteiger partial charge in [-0.25, -0.2) is 19.7 Å². The second kappa shape index (κ2) is 10.1. The number of amides is 1. The van der Waals surface area contributed by atoms with Crippen molar-refractivity contribution in [2.45, 2.75) is 84.2 Å². The van der Waals surface area contributed by atoms with Crippen molar-refractivity contribution in [3.63, 3.8) is 0 Å². The summed E-state index contributed by atoms with van der Waals surface area (Å²) in [6.45, 7) is 14.0. The van der Waals surface area contributed by atoms with Crippen molar-refractivity contribution in [2.24, 2.45) is 0 Å². The smallest absolute Gasteiger partial charge is 0.410 e. The van der Waals surface area contributed by atoms with E-state index in [1.165, 1.54) is 12.8 Å². The second-order valence-corrected chi connectivity index (χ2v) is 12.2. The molecular formula is C29H38N8O3. The molecule has 0 spiro atoms. The van der Waals surface area contributed by atoms with Gasteiger partial charge in [-0.05, 0) is 60.5 Å². The lowest BCUT2D eigenvalue weighted by Crippen LogP contribution is -2.50. The van der Waals surface area contributed by atoms with E-state index < -0.39 is 5.60 Å². The number of aromatic nitrogens is 6. The van der Waals surface area contributed by atoms with E-state index in [-0.39, 0.29) is 24.2 Å². The first kappa shape index (κ1) is 26.6. The van der Waals surface area contributed by atoms with Gasteiger partial charge >= 0.3 is 6.09 Å². The summed E-state index contributed by atoms with van der Waals surface area (Å²) in [5.41, 5.74) is 4.23. The van der Waals surface area contributed by atoms with Crippen LogP contribution in [0.2, 0.25) is 0 Å². The van der Waals surface area contributed by atoms with Crippen molar-refractivity contribution in [1.82, 2.24) is 34.6 Å². The fraction of sp³-hybridized carbons (Fsp3) is 0.586. The molecule has 1 saturated carbocycles. The lowest BCUT2D eigenvalue weighted by Gasteiger charge is -2.39. The molecule has 11 heteroatoms. The van der Waals surface area contributed by atoms with Crippen LogP contribution >= 0.6 is 0 Å². The maximum Gasteiger partial charge on any atom is 0.410 e. The van der Waals surface area contributed by atoms with Gasteiger partial charge in [0.1, 0.15) is 17.2 Å². The van der Waals surface area contributed by atoms with Crippen molar-refractivity contribution in [3.8, 4) is 0 Å². The minimum atomic E-state index is -0.520. The summed E-state index contributed by atoms with van der Waals surface area (Å²) in [5, 5.41) is 4.56. The van der Waals surface area contributed by atoms with Gasteiger partial charge in [0.05, 0.1) is 42.0 Å². The third-order valence-electron chi connectivity index (χ3n) is 7.46. The predicted molar refractivity (Wildman–Crippen MR) is 151 cm³/mol. The fourth-order valence-corrected chi connectivity index (χ4v) is 5.34. The summed E-state index contributed by atoms with van der Waals surface area (Å²) in [7, 11) is 0. The summed E-state index contributed by atoms with van der Waals surface area (Å²) < 4.78 is 13.9. The number of nitrogens with zero attached hydrogens (tertiary/aromatic N) is 8. The summed E-state index contributed by atoms with van der Waals surface area (Å²) in [4.78, 5) is 36.0. The van der Waals surface area contributed by atoms with Crippen molar-refractivity contribution in [2.75, 3.05) is 31.1 Å². The molecule has 3 fully saturated rings. The highest BCUT2D eigenvalue weighted by Crippen LogP contribution is 2.36. The summed E-state index contributed by atoms with van der Waals surface area (Å²) >= 11 is 0. The number of allylic oxidation sites excluding steroid dienone is 1. The zero-order chi connectivity index (χ0) is 28.2. The minimum Gasteiger partial charge on any atom is -0.444 e. The third kappa shape index (κ3) is 5.39. The molecule has 3 aliphatic rings. The Labute approximate surface area is 234 Å². The highest BCUT2D eigenvalue weighted by atomic mass is 16.6. The molecule has 0 bridgehead atoms. The largest absolute Gasteiger partial charge is 0.444 e. The van der Waals surface area contributed by atoms with Crippen LogP contribution in [0.4, 0.5) is 10.7 Å². The molecule has 3 aromatic rings. The zero-order valence-electron chi connectivity index (χ0n) is 24.2. The van der Waals surface area contributed by atoms with E-state index in [0.29, 0.717) is 49.3 Å². The van der Waals surface area contributed by atoms with E-state index in [9.17, 15) is 4.79 Å². The Hall–Kier alpha value is -3.60. The van der Waals surface area contributed by atoms with Gasteiger partial charge in [0, 0.05) is 37.3 Å². The molecular weight excluding hydrogens is 508 g/mol. The molecule has 11 nitrogen and oxygen atoms in total. The van der Waals surface area contributed by atoms with E-state index in [1.54, 1.807) is 4.90 Å². The second-order valence-electron chi connectivity index (χ2n) is 12.2. The van der Waals surface area contributed by atoms with Crippen LogP contribution in [0.1, 0.15) is 88.2 Å². The van der Waals surface area contributed by atoms with Crippen LogP contribution in [-0.4, -0.2) is 78.6 Å². The van der Waals surface area contributed by atoms with Crippen LogP contribution in [0.25, 0.3) is 17.2 Å². The lowest BCUT2D eigenvalue weighted by molar-refractivity contribution is -0.0179. The molecule has 3 aromatic heterocycles. The van der Waals surface area contributed by atoms with Gasteiger partial charge in [0.25, 0.3) is 0 Å². The quantitative estimate of drug-likeness (QED) is 0.453. The molecule has 2 aliphatic heterocycles. The van der Waals surface area contributed by atoms with E-state index in [1.807, 2.05) is 53.0 Å². The van der Waals surface area contributed by atoms with Crippen LogP contribution in [0.3, 0.4) is 0 Å². The summed E-state index contributed by atoms with van der Waals surface area (Å²) in [6, 6.07) is 0.533. The first-order valence-corrected chi connectivity index (χ1v) is 14.2. The molecule has 1 aliphatic carbocycles. The lowest BCUT2D eigenvalue weighted by atomic mass is 9.95. The van der Waals surface area contributed by atoms with Gasteiger partial charge in [-0.1, -0.05) is 6.08 Å². The third-order valence-corrected chi connectivity index (χ3v) is 7.46. The zero-order valence-corrected chi connectivity index (χ0v) is 24.2. The summed E-state index contributed by atoms with van der Waals surface area (Å²) in [6.07, 6.45) is 9.94. The van der Waals surface area contributed by atoms with Crippen molar-refractivity contribution in [1.29, 1.82) is 0 Å². The molecule has 0 N–H and O–H groups in total. The molecule has 212 valence electrons. The van der Waals surface area contributed by atoms with Gasteiger partial charge in [-0.2, -0.15) is 10.1 Å². The maximum atomic E-state index is 12.4. The van der Waals surface area contributed by atoms with Crippen LogP contribution in [0.15, 0.2) is 18.5 Å². The summed E-state index contributed by atoms with van der Waals surface area (Å²) in [5.74, 6) is 0.719. The van der Waals surface area contributed by atoms with E-state index in [4.69, 9.17) is 29.4 Å². The fourth-order valence-electron chi connectivity index (χ4n) is 5.34. The number of rotatable bonds is 5. The van der Waals surface area contributed by atoms with Crippen molar-refractivity contribution < 1.29 is 14.3 Å². The SMILES string of the molecule is C/C=C/c1nc(N2CC(C)OC(c3cnn(C4CC4)c3)C2)nc2nc(C)c(C3CN(C(=O)OC(C)(C)C)C3)nc12. The number of anilines is 1. The van der Waals surface area contributed by atoms with Gasteiger partial charge in [-0.3, -0.25) is 4.68 Å². The van der Waals surface area contributed by atoms with Gasteiger partial charge < -0.3 is 19.3 Å². The molecule has 1 amide bonds. The average Bonchev–Trinajstić information content (AvgIpc) is 3.58. The monoisotopic (exact) mass is 546 g/mol. The molecule has 40 heavy (non-hydrogen) atoms. The van der Waals surface area contributed by atoms with Crippen LogP contribution in [-0.2, 0) is 9.47 Å². The average molecular weight is 547 g/mol. The molecule has 2 unspecified atom stereocenters. The van der Waals surface area contributed by atoms with Gasteiger partial charge in [0.15, 0.2) is 5.65 Å². The number of hydrogen-bond donors (Lipinski definition) is 0. The highest BCUT2D eigenvalue weighted by Gasteiger charge is 2.37. The molecule has 0 aromatic carbocycles. The minimum absolute atomic E-state index is 0.00854. The van der Waals surface area contributed by atoms with Gasteiger partial charge in [0.2, 0.25) is 5.95 Å². The molecule has 0 radical (unpaired) electrons.